The van der Waals surface area contributed by atoms with Crippen LogP contribution in [0.3, 0.4) is 0 Å². The van der Waals surface area contributed by atoms with E-state index in [4.69, 9.17) is 46.4 Å². The molecule has 80 heavy (non-hydrogen) atoms. The number of nitrogens with zero attached hydrogens (tertiary/aromatic N) is 12. The third-order valence-corrected chi connectivity index (χ3v) is 16.9. The zero-order chi connectivity index (χ0) is 57.4. The Morgan fingerprint density at radius 1 is 0.613 bits per heavy atom. The Bertz CT molecular complexity index is 3180. The lowest BCUT2D eigenvalue weighted by Crippen LogP contribution is -2.54. The molecule has 0 radical (unpaired) electrons. The molecule has 0 spiro atoms. The molecule has 432 valence electrons. The van der Waals surface area contributed by atoms with E-state index in [-0.39, 0.29) is 40.1 Å². The van der Waals surface area contributed by atoms with E-state index in [1.165, 1.54) is 28.7 Å². The molecule has 0 saturated carbocycles. The zero-order valence-electron chi connectivity index (χ0n) is 44.9. The van der Waals surface area contributed by atoms with Crippen LogP contribution in [0.1, 0.15) is 94.9 Å². The van der Waals surface area contributed by atoms with E-state index in [9.17, 15) is 35.9 Å². The van der Waals surface area contributed by atoms with Crippen LogP contribution in [0, 0.1) is 29.6 Å². The van der Waals surface area contributed by atoms with Crippen molar-refractivity contribution in [3.63, 3.8) is 0 Å². The highest BCUT2D eigenvalue weighted by Gasteiger charge is 2.43. The average molecular weight is 1200 g/mol. The normalized spacial score (nSPS) is 19.6. The molecule has 4 fully saturated rings. The van der Waals surface area contributed by atoms with Crippen molar-refractivity contribution in [2.45, 2.75) is 84.7 Å². The van der Waals surface area contributed by atoms with E-state index in [0.717, 1.165) is 91.1 Å². The lowest BCUT2D eigenvalue weighted by atomic mass is 9.80. The fourth-order valence-corrected chi connectivity index (χ4v) is 12.4. The van der Waals surface area contributed by atoms with Crippen molar-refractivity contribution in [3.05, 3.63) is 91.4 Å². The van der Waals surface area contributed by atoms with Gasteiger partial charge in [-0.25, -0.2) is 29.3 Å². The number of likely N-dealkylation sites (tertiary alicyclic amines) is 2. The maximum absolute atomic E-state index is 13.9. The summed E-state index contributed by atoms with van der Waals surface area (Å²) < 4.78 is 85.7. The van der Waals surface area contributed by atoms with E-state index in [1.54, 1.807) is 50.2 Å². The minimum atomic E-state index is -4.69. The maximum atomic E-state index is 13.9. The highest BCUT2D eigenvalue weighted by molar-refractivity contribution is 6.35. The summed E-state index contributed by atoms with van der Waals surface area (Å²) in [5, 5.41) is 15.2. The molecule has 6 aromatic rings. The van der Waals surface area contributed by atoms with E-state index >= 15 is 0 Å². The molecule has 8 heterocycles. The van der Waals surface area contributed by atoms with Gasteiger partial charge >= 0.3 is 12.4 Å². The number of hydrogen-bond donors (Lipinski definition) is 2. The highest BCUT2D eigenvalue weighted by atomic mass is 35.5. The van der Waals surface area contributed by atoms with Gasteiger partial charge in [-0.15, -0.1) is 0 Å². The first kappa shape index (κ1) is 59.4. The molecule has 10 rings (SSSR count). The van der Waals surface area contributed by atoms with Crippen molar-refractivity contribution < 1.29 is 35.9 Å². The van der Waals surface area contributed by atoms with Gasteiger partial charge in [-0.1, -0.05) is 72.4 Å². The van der Waals surface area contributed by atoms with Crippen LogP contribution in [-0.4, -0.2) is 140 Å². The Morgan fingerprint density at radius 3 is 1.40 bits per heavy atom. The number of anilines is 2. The van der Waals surface area contributed by atoms with E-state index < -0.39 is 35.8 Å². The van der Waals surface area contributed by atoms with Gasteiger partial charge in [0.05, 0.1) is 24.5 Å². The molecule has 2 aromatic carbocycles. The van der Waals surface area contributed by atoms with Crippen LogP contribution in [0.2, 0.25) is 20.1 Å². The van der Waals surface area contributed by atoms with Crippen molar-refractivity contribution in [3.8, 4) is 0 Å². The second-order valence-corrected chi connectivity index (χ2v) is 23.4. The van der Waals surface area contributed by atoms with Gasteiger partial charge in [0, 0.05) is 98.4 Å². The van der Waals surface area contributed by atoms with Crippen LogP contribution >= 0.6 is 46.4 Å². The topological polar surface area (TPSA) is 158 Å². The molecule has 2 amide bonds. The summed E-state index contributed by atoms with van der Waals surface area (Å²) in [7, 11) is 0. The van der Waals surface area contributed by atoms with Crippen molar-refractivity contribution in [1.29, 1.82) is 0 Å². The second-order valence-electron chi connectivity index (χ2n) is 21.7. The molecular weight excluding hydrogens is 1130 g/mol. The van der Waals surface area contributed by atoms with Gasteiger partial charge in [-0.3, -0.25) is 9.59 Å². The Balaban J connectivity index is 0.000000194. The first-order valence-corrected chi connectivity index (χ1v) is 28.5. The molecule has 16 nitrogen and oxygen atoms in total. The molecule has 4 aromatic heterocycles. The Morgan fingerprint density at radius 2 is 1.02 bits per heavy atom. The van der Waals surface area contributed by atoms with Gasteiger partial charge in [0.25, 0.3) is 0 Å². The number of aromatic nitrogens is 8. The number of halogens is 10. The number of rotatable bonds is 15. The molecule has 4 unspecified atom stereocenters. The second kappa shape index (κ2) is 24.7. The third kappa shape index (κ3) is 13.5. The SMILES string of the molecule is CC(=O)NCCN1CCCC(C2CN(c3cnc4c(C(F)(F)F)nn(C(C)c5ccc(Cl)cc5Cl)c4n3)C2)C1.CC(C)C(=O)NCCN1CCCC(C2CN(c3cnc4c(C(F)(F)F)nn(C(C)c5ccc(Cl)cc5Cl)c4n3)C2)C1. The minimum absolute atomic E-state index is 0.0226. The first-order valence-electron chi connectivity index (χ1n) is 26.9. The third-order valence-electron chi connectivity index (χ3n) is 15.8. The Kier molecular flexibility index (Phi) is 18.3. The zero-order valence-corrected chi connectivity index (χ0v) is 48.0. The van der Waals surface area contributed by atoms with Crippen molar-refractivity contribution in [2.75, 3.05) is 88.3 Å². The number of hydrogen-bond acceptors (Lipinski definition) is 12. The number of carbonyl (C=O) groups is 2. The van der Waals surface area contributed by atoms with E-state index in [0.29, 0.717) is 79.6 Å². The quantitative estimate of drug-likeness (QED) is 0.0939. The van der Waals surface area contributed by atoms with Crippen molar-refractivity contribution in [1.82, 2.24) is 59.9 Å². The first-order chi connectivity index (χ1) is 37.9. The summed E-state index contributed by atoms with van der Waals surface area (Å²) in [4.78, 5) is 49.5. The van der Waals surface area contributed by atoms with Crippen molar-refractivity contribution >= 4 is 92.2 Å². The molecule has 26 heteroatoms. The molecule has 4 atom stereocenters. The molecule has 0 bridgehead atoms. The number of fused-ring (bicyclic) bond motifs is 2. The predicted octanol–water partition coefficient (Wildman–Crippen LogP) is 10.7. The summed E-state index contributed by atoms with van der Waals surface area (Å²) in [6.07, 6.45) is -2.06. The number of amides is 2. The van der Waals surface area contributed by atoms with Crippen LogP contribution in [0.15, 0.2) is 48.8 Å². The fraction of sp³-hybridized carbons (Fsp3) is 0.556. The lowest BCUT2D eigenvalue weighted by Gasteiger charge is -2.47. The van der Waals surface area contributed by atoms with E-state index in [1.807, 2.05) is 13.8 Å². The van der Waals surface area contributed by atoms with Gasteiger partial charge < -0.3 is 30.2 Å². The smallest absolute Gasteiger partial charge is 0.355 e. The Hall–Kier alpha value is -5.26. The highest BCUT2D eigenvalue weighted by Crippen LogP contribution is 2.41. The monoisotopic (exact) mass is 1190 g/mol. The number of piperidine rings is 2. The number of alkyl halides is 6. The molecule has 2 N–H and O–H groups in total. The van der Waals surface area contributed by atoms with Crippen LogP contribution in [0.5, 0.6) is 0 Å². The summed E-state index contributed by atoms with van der Waals surface area (Å²) >= 11 is 24.8. The van der Waals surface area contributed by atoms with Gasteiger partial charge in [0.15, 0.2) is 22.7 Å². The van der Waals surface area contributed by atoms with Gasteiger partial charge in [0.1, 0.15) is 22.7 Å². The van der Waals surface area contributed by atoms with Crippen molar-refractivity contribution in [2.24, 2.45) is 29.6 Å². The van der Waals surface area contributed by atoms with Gasteiger partial charge in [-0.05, 0) is 112 Å². The van der Waals surface area contributed by atoms with Crippen LogP contribution in [0.25, 0.3) is 22.3 Å². The fourth-order valence-electron chi connectivity index (χ4n) is 11.3. The van der Waals surface area contributed by atoms with Gasteiger partial charge in [-0.2, -0.15) is 36.5 Å². The van der Waals surface area contributed by atoms with Crippen LogP contribution in [-0.2, 0) is 21.9 Å². The minimum Gasteiger partial charge on any atom is -0.355 e. The average Bonchev–Trinajstić information content (AvgIpc) is 4.18. The molecule has 4 saturated heterocycles. The summed E-state index contributed by atoms with van der Waals surface area (Å²) in [6, 6.07) is 8.47. The molecular formula is C54H64Cl4F6N14O2. The van der Waals surface area contributed by atoms with Crippen LogP contribution < -0.4 is 20.4 Å². The number of nitrogens with one attached hydrogen (secondary N) is 2. The largest absolute Gasteiger partial charge is 0.437 e. The summed E-state index contributed by atoms with van der Waals surface area (Å²) in [6.45, 7) is 18.7. The lowest BCUT2D eigenvalue weighted by molar-refractivity contribution is -0.141. The summed E-state index contributed by atoms with van der Waals surface area (Å²) in [5.41, 5.74) is -1.45. The molecule has 0 aliphatic carbocycles. The molecule has 4 aliphatic rings. The summed E-state index contributed by atoms with van der Waals surface area (Å²) in [5.74, 6) is 3.06. The maximum Gasteiger partial charge on any atom is 0.437 e. The van der Waals surface area contributed by atoms with Gasteiger partial charge in [0.2, 0.25) is 11.8 Å². The number of benzene rings is 2. The van der Waals surface area contributed by atoms with E-state index in [2.05, 4.69) is 60.4 Å². The number of carbonyl (C=O) groups excluding carboxylic acids is 2. The Labute approximate surface area is 479 Å². The molecule has 4 aliphatic heterocycles. The standard InChI is InChI=1S/C28H34Cl2F3N7O.C26H30Cl2F3N7O/c1-16(2)27(41)34-8-10-38-9-4-5-18(13-38)19-14-39(15-19)23-12-35-24-25(28(31,32)33)37-40(26(24)36-23)17(3)21-7-6-20(29)11-22(21)30;1-15(20-6-5-19(27)10-21(20)28)38-25-23(24(35-38)26(29,30)31)33-11-22(34-25)37-13-18(14-37)17-4-3-8-36(12-17)9-7-32-16(2)39/h6-7,11-12,16-19H,4-5,8-10,13-15H2,1-3H3,(H,34,41);5-6,10-11,15,17-18H,3-4,7-9,12-14H2,1-2H3,(H,32,39). The predicted molar refractivity (Wildman–Crippen MR) is 297 cm³/mol. The van der Waals surface area contributed by atoms with Crippen LogP contribution in [0.4, 0.5) is 38.0 Å².